The van der Waals surface area contributed by atoms with Crippen molar-refractivity contribution in [1.82, 2.24) is 4.90 Å². The third-order valence-corrected chi connectivity index (χ3v) is 11.9. The number of aryl methyl sites for hydroxylation is 1. The summed E-state index contributed by atoms with van der Waals surface area (Å²) in [5, 5.41) is 23.2. The van der Waals surface area contributed by atoms with Crippen molar-refractivity contribution in [2.45, 2.75) is 93.5 Å². The van der Waals surface area contributed by atoms with Crippen LogP contribution in [-0.4, -0.2) is 58.7 Å². The van der Waals surface area contributed by atoms with E-state index < -0.39 is 11.2 Å². The number of phenols is 1. The summed E-state index contributed by atoms with van der Waals surface area (Å²) in [6, 6.07) is 8.33. The van der Waals surface area contributed by atoms with Crippen LogP contribution in [0.5, 0.6) is 11.5 Å². The molecule has 9 rings (SSSR count). The quantitative estimate of drug-likeness (QED) is 0.573. The highest BCUT2D eigenvalue weighted by atomic mass is 16.6. The van der Waals surface area contributed by atoms with Crippen molar-refractivity contribution in [2.75, 3.05) is 20.2 Å². The Bertz CT molecular complexity index is 1240. The van der Waals surface area contributed by atoms with Crippen molar-refractivity contribution in [3.63, 3.8) is 0 Å². The molecule has 4 saturated carbocycles. The Balaban J connectivity index is 1.28. The number of hydrogen-bond acceptors (Lipinski definition) is 6. The van der Waals surface area contributed by atoms with Crippen LogP contribution in [0.3, 0.4) is 0 Å². The summed E-state index contributed by atoms with van der Waals surface area (Å²) in [4.78, 5) is 2.81. The molecule has 1 aromatic heterocycles. The molecule has 1 aromatic carbocycles. The third-order valence-electron chi connectivity index (χ3n) is 11.9. The van der Waals surface area contributed by atoms with E-state index in [0.29, 0.717) is 24.6 Å². The second-order valence-corrected chi connectivity index (χ2v) is 13.3. The molecule has 2 N–H and O–H groups in total. The Morgan fingerprint density at radius 1 is 1.19 bits per heavy atom. The molecule has 3 heterocycles. The van der Waals surface area contributed by atoms with E-state index in [1.54, 1.807) is 6.26 Å². The minimum Gasteiger partial charge on any atom is -0.504 e. The maximum Gasteiger partial charge on any atom is 0.165 e. The Morgan fingerprint density at radius 3 is 2.81 bits per heavy atom. The number of phenolic OH excluding ortho intramolecular Hbond substituents is 1. The molecule has 4 bridgehead atoms. The minimum absolute atomic E-state index is 0.0104. The number of furan rings is 1. The fourth-order valence-corrected chi connectivity index (χ4v) is 10.1. The highest BCUT2D eigenvalue weighted by Crippen LogP contribution is 2.77. The van der Waals surface area contributed by atoms with E-state index in [4.69, 9.17) is 13.9 Å². The van der Waals surface area contributed by atoms with Crippen molar-refractivity contribution in [3.05, 3.63) is 47.4 Å². The summed E-state index contributed by atoms with van der Waals surface area (Å²) >= 11 is 0. The molecule has 2 aliphatic heterocycles. The van der Waals surface area contributed by atoms with Crippen molar-refractivity contribution >= 4 is 0 Å². The molecule has 2 spiro atoms. The molecule has 198 valence electrons. The molecule has 1 saturated heterocycles. The van der Waals surface area contributed by atoms with Crippen LogP contribution in [0.1, 0.15) is 68.8 Å². The molecule has 0 radical (unpaired) electrons. The maximum absolute atomic E-state index is 12.2. The molecule has 7 aliphatic rings. The first-order chi connectivity index (χ1) is 17.8. The van der Waals surface area contributed by atoms with Crippen LogP contribution < -0.4 is 4.74 Å². The van der Waals surface area contributed by atoms with Crippen molar-refractivity contribution in [2.24, 2.45) is 17.3 Å². The van der Waals surface area contributed by atoms with E-state index >= 15 is 0 Å². The summed E-state index contributed by atoms with van der Waals surface area (Å²) in [5.41, 5.74) is 0.935. The molecule has 0 amide bonds. The monoisotopic (exact) mass is 505 g/mol. The van der Waals surface area contributed by atoms with Crippen LogP contribution in [0.25, 0.3) is 0 Å². The summed E-state index contributed by atoms with van der Waals surface area (Å²) in [7, 11) is 1.82. The lowest BCUT2D eigenvalue weighted by atomic mass is 9.33. The first kappa shape index (κ1) is 22.9. The smallest absolute Gasteiger partial charge is 0.165 e. The standard InChI is InChI=1S/C31H39NO5/c1-28(34,10-9-21-4-3-15-36-21)23-17-29-11-12-31(23,35-2)27-30(29)13-14-32(18-19-5-6-19)24(29)16-20-7-8-22(33)26(37-27)25(20)30/h3-4,7-8,15,19,23-24,27,33-34H,5-6,9-14,16-18H2,1-2H3/t23?,24-,27-,28-,29-,30+,31-/m1/s1. The number of rotatable bonds is 7. The zero-order chi connectivity index (χ0) is 25.2. The molecule has 7 atom stereocenters. The normalized spacial score (nSPS) is 40.8. The van der Waals surface area contributed by atoms with Gasteiger partial charge in [0.1, 0.15) is 17.5 Å². The lowest BCUT2D eigenvalue weighted by molar-refractivity contribution is -0.302. The van der Waals surface area contributed by atoms with E-state index in [2.05, 4.69) is 11.0 Å². The third kappa shape index (κ3) is 2.72. The zero-order valence-electron chi connectivity index (χ0n) is 22.0. The van der Waals surface area contributed by atoms with Gasteiger partial charge >= 0.3 is 0 Å². The highest BCUT2D eigenvalue weighted by Gasteiger charge is 2.81. The van der Waals surface area contributed by atoms with Crippen molar-refractivity contribution < 1.29 is 24.1 Å². The molecular weight excluding hydrogens is 466 g/mol. The SMILES string of the molecule is CO[C@]12CC[C@@]3(CC1[C@](C)(O)CCc1ccco1)[C@H]1Cc4ccc(O)c5c4[C@@]3(CCN1CC1CC1)[C@H]2O5. The average Bonchev–Trinajstić information content (AvgIpc) is 3.40. The Hall–Kier alpha value is -2.02. The van der Waals surface area contributed by atoms with Gasteiger partial charge in [0, 0.05) is 48.4 Å². The second kappa shape index (κ2) is 7.34. The van der Waals surface area contributed by atoms with Crippen LogP contribution in [0.4, 0.5) is 0 Å². The van der Waals surface area contributed by atoms with Gasteiger partial charge in [0.25, 0.3) is 0 Å². The topological polar surface area (TPSA) is 75.3 Å². The Morgan fingerprint density at radius 2 is 2.05 bits per heavy atom. The minimum atomic E-state index is -0.937. The fourth-order valence-electron chi connectivity index (χ4n) is 10.1. The molecule has 6 nitrogen and oxygen atoms in total. The van der Waals surface area contributed by atoms with Crippen molar-refractivity contribution in [1.29, 1.82) is 0 Å². The Kier molecular flexibility index (Phi) is 4.54. The van der Waals surface area contributed by atoms with E-state index in [1.165, 1.54) is 30.5 Å². The van der Waals surface area contributed by atoms with Crippen LogP contribution in [-0.2, 0) is 23.0 Å². The lowest BCUT2D eigenvalue weighted by Crippen LogP contribution is -2.82. The molecular formula is C31H39NO5. The highest BCUT2D eigenvalue weighted by molar-refractivity contribution is 5.63. The predicted molar refractivity (Wildman–Crippen MR) is 138 cm³/mol. The van der Waals surface area contributed by atoms with Gasteiger partial charge < -0.3 is 24.1 Å². The molecule has 1 unspecified atom stereocenters. The number of nitrogens with zero attached hydrogens (tertiary/aromatic N) is 1. The van der Waals surface area contributed by atoms with Crippen LogP contribution in [0, 0.1) is 17.3 Å². The first-order valence-corrected chi connectivity index (χ1v) is 14.4. The van der Waals surface area contributed by atoms with Gasteiger partial charge in [0.05, 0.1) is 11.9 Å². The second-order valence-electron chi connectivity index (χ2n) is 13.3. The largest absolute Gasteiger partial charge is 0.504 e. The summed E-state index contributed by atoms with van der Waals surface area (Å²) in [6.07, 6.45) is 10.5. The van der Waals surface area contributed by atoms with E-state index in [0.717, 1.165) is 50.3 Å². The van der Waals surface area contributed by atoms with Gasteiger partial charge in [0.15, 0.2) is 11.5 Å². The molecule has 6 heteroatoms. The van der Waals surface area contributed by atoms with Gasteiger partial charge in [0.2, 0.25) is 0 Å². The molecule has 2 aromatic rings. The van der Waals surface area contributed by atoms with E-state index in [9.17, 15) is 10.2 Å². The van der Waals surface area contributed by atoms with Gasteiger partial charge in [-0.3, -0.25) is 4.90 Å². The number of aromatic hydroxyl groups is 1. The van der Waals surface area contributed by atoms with Crippen LogP contribution in [0.15, 0.2) is 34.9 Å². The number of aliphatic hydroxyl groups is 1. The number of benzene rings is 1. The summed E-state index contributed by atoms with van der Waals surface area (Å²) in [6.45, 7) is 4.29. The van der Waals surface area contributed by atoms with Gasteiger partial charge in [-0.2, -0.15) is 0 Å². The first-order valence-electron chi connectivity index (χ1n) is 14.4. The number of methoxy groups -OCH3 is 1. The molecule has 37 heavy (non-hydrogen) atoms. The molecule has 5 fully saturated rings. The predicted octanol–water partition coefficient (Wildman–Crippen LogP) is 4.59. The summed E-state index contributed by atoms with van der Waals surface area (Å²) < 4.78 is 19.1. The zero-order valence-corrected chi connectivity index (χ0v) is 22.0. The number of likely N-dealkylation sites (tertiary alicyclic amines) is 1. The number of piperidine rings is 1. The molecule has 5 aliphatic carbocycles. The fraction of sp³-hybridized carbons (Fsp3) is 0.677. The van der Waals surface area contributed by atoms with Crippen LogP contribution in [0.2, 0.25) is 0 Å². The van der Waals surface area contributed by atoms with Crippen molar-refractivity contribution in [3.8, 4) is 11.5 Å². The van der Waals surface area contributed by atoms with Gasteiger partial charge in [-0.15, -0.1) is 0 Å². The van der Waals surface area contributed by atoms with E-state index in [1.807, 2.05) is 32.2 Å². The maximum atomic E-state index is 12.2. The van der Waals surface area contributed by atoms with Gasteiger partial charge in [-0.05, 0) is 94.5 Å². The van der Waals surface area contributed by atoms with E-state index in [-0.39, 0.29) is 28.6 Å². The summed E-state index contributed by atoms with van der Waals surface area (Å²) in [5.74, 6) is 2.64. The van der Waals surface area contributed by atoms with Gasteiger partial charge in [-0.1, -0.05) is 6.07 Å². The number of ether oxygens (including phenoxy) is 2. The van der Waals surface area contributed by atoms with Gasteiger partial charge in [-0.25, -0.2) is 0 Å². The Labute approximate surface area is 218 Å². The lowest BCUT2D eigenvalue weighted by Gasteiger charge is -2.75. The van der Waals surface area contributed by atoms with Crippen LogP contribution >= 0.6 is 0 Å². The number of hydrogen-bond donors (Lipinski definition) is 2. The number of fused-ring (bicyclic) bond motifs is 2. The average molecular weight is 506 g/mol.